The van der Waals surface area contributed by atoms with Gasteiger partial charge in [0.25, 0.3) is 0 Å². The zero-order valence-corrected chi connectivity index (χ0v) is 16.6. The molecule has 2 aromatic rings. The summed E-state index contributed by atoms with van der Waals surface area (Å²) >= 11 is 0. The fourth-order valence-electron chi connectivity index (χ4n) is 5.70. The molecular weight excluding hydrogens is 332 g/mol. The zero-order valence-electron chi connectivity index (χ0n) is 16.6. The highest BCUT2D eigenvalue weighted by atomic mass is 16.1. The molecule has 1 aromatic carbocycles. The summed E-state index contributed by atoms with van der Waals surface area (Å²) in [6.07, 6.45) is 5.84. The average molecular weight is 361 g/mol. The van der Waals surface area contributed by atoms with Gasteiger partial charge in [-0.1, -0.05) is 56.7 Å². The van der Waals surface area contributed by atoms with Crippen molar-refractivity contribution in [2.75, 3.05) is 0 Å². The van der Waals surface area contributed by atoms with Crippen molar-refractivity contribution >= 4 is 5.78 Å². The summed E-state index contributed by atoms with van der Waals surface area (Å²) in [4.78, 5) is 13.5. The van der Waals surface area contributed by atoms with Gasteiger partial charge in [0.2, 0.25) is 0 Å². The molecule has 3 aliphatic carbocycles. The van der Waals surface area contributed by atoms with Crippen LogP contribution in [0, 0.1) is 5.41 Å². The Kier molecular flexibility index (Phi) is 3.56. The van der Waals surface area contributed by atoms with Gasteiger partial charge in [-0.2, -0.15) is 5.10 Å². The number of H-pyrrole nitrogens is 1. The lowest BCUT2D eigenvalue weighted by molar-refractivity contribution is -0.118. The third-order valence-corrected chi connectivity index (χ3v) is 6.84. The molecule has 3 aliphatic rings. The molecule has 1 fully saturated rings. The van der Waals surface area contributed by atoms with E-state index in [0.717, 1.165) is 24.8 Å². The minimum Gasteiger partial charge on any atom is -0.294 e. The third-order valence-electron chi connectivity index (χ3n) is 6.84. The number of nitrogens with zero attached hydrogens (tertiary/aromatic N) is 1. The number of hydrogen-bond donors (Lipinski definition) is 1. The van der Waals surface area contributed by atoms with E-state index in [-0.39, 0.29) is 10.8 Å². The highest BCUT2D eigenvalue weighted by molar-refractivity contribution is 6.01. The number of hydrogen-bond acceptors (Lipinski definition) is 2. The molecule has 1 N–H and O–H groups in total. The lowest BCUT2D eigenvalue weighted by atomic mass is 9.56. The van der Waals surface area contributed by atoms with Crippen LogP contribution in [-0.2, 0) is 16.6 Å². The van der Waals surface area contributed by atoms with Crippen molar-refractivity contribution in [1.82, 2.24) is 10.2 Å². The van der Waals surface area contributed by atoms with Crippen LogP contribution in [0.15, 0.2) is 41.5 Å². The lowest BCUT2D eigenvalue weighted by Crippen LogP contribution is -2.42. The summed E-state index contributed by atoms with van der Waals surface area (Å²) in [5.74, 6) is 0.914. The van der Waals surface area contributed by atoms with Crippen molar-refractivity contribution in [3.05, 3.63) is 64.0 Å². The Balaban J connectivity index is 1.82. The summed E-state index contributed by atoms with van der Waals surface area (Å²) in [5.41, 5.74) is 7.16. The van der Waals surface area contributed by atoms with Gasteiger partial charge >= 0.3 is 0 Å². The van der Waals surface area contributed by atoms with Crippen LogP contribution < -0.4 is 0 Å². The topological polar surface area (TPSA) is 45.8 Å². The largest absolute Gasteiger partial charge is 0.294 e. The number of rotatable bonds is 3. The Morgan fingerprint density at radius 2 is 1.89 bits per heavy atom. The molecule has 1 aromatic heterocycles. The first-order valence-electron chi connectivity index (χ1n) is 10.3. The number of carbonyl (C=O) groups is 1. The van der Waals surface area contributed by atoms with Gasteiger partial charge < -0.3 is 0 Å². The van der Waals surface area contributed by atoms with Crippen LogP contribution in [0.5, 0.6) is 0 Å². The maximum absolute atomic E-state index is 13.5. The van der Waals surface area contributed by atoms with E-state index >= 15 is 0 Å². The first kappa shape index (κ1) is 17.0. The molecule has 0 spiro atoms. The quantitative estimate of drug-likeness (QED) is 0.815. The number of nitrogens with one attached hydrogen (secondary N) is 1. The number of benzene rings is 1. The van der Waals surface area contributed by atoms with Crippen molar-refractivity contribution in [3.8, 4) is 0 Å². The summed E-state index contributed by atoms with van der Waals surface area (Å²) < 4.78 is 0. The fraction of sp³-hybridized carbons (Fsp3) is 0.500. The lowest BCUT2D eigenvalue weighted by Gasteiger charge is -2.45. The van der Waals surface area contributed by atoms with E-state index in [2.05, 4.69) is 56.2 Å². The standard InChI is InChI=1S/C24H28N2O/c1-4-24(17-8-6-5-7-9-17)20-16(13-23(2,3)14-19(20)27)12-18-21(24)22(26-25-18)15-10-11-15/h5-9,15H,4,10-14H2,1-3H3,(H,25,26)/t24-/m0/s1. The van der Waals surface area contributed by atoms with Crippen LogP contribution in [0.25, 0.3) is 0 Å². The summed E-state index contributed by atoms with van der Waals surface area (Å²) in [5, 5.41) is 8.17. The molecular formula is C24H28N2O. The number of Topliss-reactive ketones (excluding diaryl/α,β-unsaturated/α-hetero) is 1. The van der Waals surface area contributed by atoms with Crippen molar-refractivity contribution in [2.45, 2.75) is 70.6 Å². The molecule has 1 saturated carbocycles. The minimum absolute atomic E-state index is 0.0446. The monoisotopic (exact) mass is 360 g/mol. The number of aromatic nitrogens is 2. The third kappa shape index (κ3) is 2.40. The molecule has 3 heteroatoms. The van der Waals surface area contributed by atoms with Crippen LogP contribution in [-0.4, -0.2) is 16.0 Å². The van der Waals surface area contributed by atoms with E-state index in [0.29, 0.717) is 18.1 Å². The Morgan fingerprint density at radius 3 is 2.56 bits per heavy atom. The van der Waals surface area contributed by atoms with E-state index in [1.165, 1.54) is 40.9 Å². The van der Waals surface area contributed by atoms with Gasteiger partial charge in [0, 0.05) is 35.6 Å². The molecule has 140 valence electrons. The Morgan fingerprint density at radius 1 is 1.15 bits per heavy atom. The van der Waals surface area contributed by atoms with E-state index in [1.54, 1.807) is 0 Å². The molecule has 1 atom stereocenters. The van der Waals surface area contributed by atoms with Crippen LogP contribution in [0.3, 0.4) is 0 Å². The second kappa shape index (κ2) is 5.67. The van der Waals surface area contributed by atoms with Crippen LogP contribution in [0.2, 0.25) is 0 Å². The van der Waals surface area contributed by atoms with Crippen molar-refractivity contribution in [1.29, 1.82) is 0 Å². The number of carbonyl (C=O) groups excluding carboxylic acids is 1. The normalized spacial score (nSPS) is 26.7. The van der Waals surface area contributed by atoms with Crippen molar-refractivity contribution in [2.24, 2.45) is 5.41 Å². The molecule has 0 aliphatic heterocycles. The van der Waals surface area contributed by atoms with Crippen molar-refractivity contribution < 1.29 is 4.79 Å². The van der Waals surface area contributed by atoms with E-state index in [9.17, 15) is 4.79 Å². The van der Waals surface area contributed by atoms with Gasteiger partial charge in [-0.05, 0) is 36.7 Å². The Bertz CT molecular complexity index is 946. The molecule has 0 amide bonds. The highest BCUT2D eigenvalue weighted by Gasteiger charge is 2.52. The SMILES string of the molecule is CC[C@]1(c2ccccc2)C2=C(Cc3[nH]nc(C4CC4)c31)CC(C)(C)CC2=O. The van der Waals surface area contributed by atoms with Gasteiger partial charge in [0.1, 0.15) is 0 Å². The Labute approximate surface area is 161 Å². The number of allylic oxidation sites excluding steroid dienone is 2. The molecule has 0 unspecified atom stereocenters. The molecule has 27 heavy (non-hydrogen) atoms. The van der Waals surface area contributed by atoms with Gasteiger partial charge in [0.05, 0.1) is 11.1 Å². The predicted octanol–water partition coefficient (Wildman–Crippen LogP) is 5.23. The van der Waals surface area contributed by atoms with Gasteiger partial charge in [-0.15, -0.1) is 0 Å². The zero-order chi connectivity index (χ0) is 18.8. The fourth-order valence-corrected chi connectivity index (χ4v) is 5.70. The average Bonchev–Trinajstić information content (AvgIpc) is 3.39. The second-order valence-corrected chi connectivity index (χ2v) is 9.46. The molecule has 3 nitrogen and oxygen atoms in total. The maximum Gasteiger partial charge on any atom is 0.160 e. The smallest absolute Gasteiger partial charge is 0.160 e. The van der Waals surface area contributed by atoms with E-state index in [4.69, 9.17) is 5.10 Å². The second-order valence-electron chi connectivity index (χ2n) is 9.46. The molecule has 0 radical (unpaired) electrons. The van der Waals surface area contributed by atoms with E-state index < -0.39 is 0 Å². The first-order chi connectivity index (χ1) is 13.0. The number of aromatic amines is 1. The summed E-state index contributed by atoms with van der Waals surface area (Å²) in [6, 6.07) is 10.7. The van der Waals surface area contributed by atoms with Crippen LogP contribution in [0.4, 0.5) is 0 Å². The predicted molar refractivity (Wildman–Crippen MR) is 107 cm³/mol. The molecule has 0 bridgehead atoms. The minimum atomic E-state index is -0.345. The Hall–Kier alpha value is -2.16. The number of ketones is 1. The number of fused-ring (bicyclic) bond motifs is 1. The molecule has 5 rings (SSSR count). The van der Waals surface area contributed by atoms with Crippen LogP contribution in [0.1, 0.15) is 81.3 Å². The first-order valence-corrected chi connectivity index (χ1v) is 10.3. The maximum atomic E-state index is 13.5. The highest BCUT2D eigenvalue weighted by Crippen LogP contribution is 2.56. The molecule has 1 heterocycles. The van der Waals surface area contributed by atoms with Crippen molar-refractivity contribution in [3.63, 3.8) is 0 Å². The van der Waals surface area contributed by atoms with E-state index in [1.807, 2.05) is 0 Å². The summed E-state index contributed by atoms with van der Waals surface area (Å²) in [7, 11) is 0. The van der Waals surface area contributed by atoms with Crippen LogP contribution >= 0.6 is 0 Å². The summed E-state index contributed by atoms with van der Waals surface area (Å²) in [6.45, 7) is 6.69. The van der Waals surface area contributed by atoms with Gasteiger partial charge in [0.15, 0.2) is 5.78 Å². The van der Waals surface area contributed by atoms with Gasteiger partial charge in [-0.25, -0.2) is 0 Å². The van der Waals surface area contributed by atoms with Gasteiger partial charge in [-0.3, -0.25) is 9.89 Å². The molecule has 0 saturated heterocycles.